The van der Waals surface area contributed by atoms with Crippen molar-refractivity contribution in [1.29, 1.82) is 0 Å². The predicted molar refractivity (Wildman–Crippen MR) is 138 cm³/mol. The molecule has 0 saturated carbocycles. The molecule has 1 aliphatic rings. The number of aryl methyl sites for hydroxylation is 1. The van der Waals surface area contributed by atoms with Crippen LogP contribution in [-0.2, 0) is 6.54 Å². The first-order valence-electron chi connectivity index (χ1n) is 12.0. The molecule has 0 N–H and O–H groups in total. The van der Waals surface area contributed by atoms with Gasteiger partial charge in [0, 0.05) is 37.1 Å². The molecule has 2 aromatic heterocycles. The molecule has 0 unspecified atom stereocenters. The number of fused-ring (bicyclic) bond motifs is 2. The number of hydrogen-bond acceptors (Lipinski definition) is 8. The van der Waals surface area contributed by atoms with Crippen LogP contribution in [0.2, 0.25) is 0 Å². The van der Waals surface area contributed by atoms with Gasteiger partial charge in [-0.2, -0.15) is 0 Å². The molecule has 36 heavy (non-hydrogen) atoms. The van der Waals surface area contributed by atoms with E-state index in [9.17, 15) is 9.59 Å². The molecule has 0 bridgehead atoms. The largest absolute Gasteiger partial charge is 0.497 e. The van der Waals surface area contributed by atoms with Crippen molar-refractivity contribution in [1.82, 2.24) is 19.1 Å². The standard InChI is InChI=1S/C26H29N5O5/c1-5-30-21-7-6-17(34-2)12-19(21)25(32)31(26(30)33)16-8-10-29(11-9-16)24-18-13-22(35-3)23(36-4)14-20(18)27-15-28-24/h6-7,12-16H,5,8-11H2,1-4H3. The van der Waals surface area contributed by atoms with Gasteiger partial charge in [0.2, 0.25) is 0 Å². The lowest BCUT2D eigenvalue weighted by atomic mass is 10.0. The summed E-state index contributed by atoms with van der Waals surface area (Å²) >= 11 is 0. The lowest BCUT2D eigenvalue weighted by Crippen LogP contribution is -2.46. The van der Waals surface area contributed by atoms with E-state index in [2.05, 4.69) is 14.9 Å². The first kappa shape index (κ1) is 23.7. The van der Waals surface area contributed by atoms with Gasteiger partial charge in [-0.25, -0.2) is 14.8 Å². The van der Waals surface area contributed by atoms with E-state index in [0.29, 0.717) is 60.6 Å². The van der Waals surface area contributed by atoms with Crippen LogP contribution in [0, 0.1) is 0 Å². The third-order valence-corrected chi connectivity index (χ3v) is 6.95. The number of hydrogen-bond donors (Lipinski definition) is 0. The van der Waals surface area contributed by atoms with E-state index in [1.165, 1.54) is 10.9 Å². The highest BCUT2D eigenvalue weighted by Gasteiger charge is 2.27. The normalized spacial score (nSPS) is 14.4. The van der Waals surface area contributed by atoms with Gasteiger partial charge in [0.25, 0.3) is 5.56 Å². The lowest BCUT2D eigenvalue weighted by Gasteiger charge is -2.34. The minimum absolute atomic E-state index is 0.211. The number of nitrogens with zero attached hydrogens (tertiary/aromatic N) is 5. The molecule has 188 valence electrons. The Morgan fingerprint density at radius 1 is 0.917 bits per heavy atom. The second kappa shape index (κ2) is 9.52. The van der Waals surface area contributed by atoms with Crippen LogP contribution in [0.3, 0.4) is 0 Å². The maximum atomic E-state index is 13.5. The third kappa shape index (κ3) is 3.82. The van der Waals surface area contributed by atoms with E-state index >= 15 is 0 Å². The van der Waals surface area contributed by atoms with Gasteiger partial charge in [-0.05, 0) is 44.0 Å². The number of aromatic nitrogens is 4. The van der Waals surface area contributed by atoms with E-state index in [1.54, 1.807) is 44.1 Å². The van der Waals surface area contributed by atoms with Gasteiger partial charge >= 0.3 is 5.69 Å². The van der Waals surface area contributed by atoms with Crippen LogP contribution in [-0.4, -0.2) is 53.5 Å². The summed E-state index contributed by atoms with van der Waals surface area (Å²) in [5.41, 5.74) is 0.827. The van der Waals surface area contributed by atoms with Gasteiger partial charge in [-0.1, -0.05) is 0 Å². The number of methoxy groups -OCH3 is 3. The highest BCUT2D eigenvalue weighted by molar-refractivity contribution is 5.92. The van der Waals surface area contributed by atoms with Crippen molar-refractivity contribution in [2.24, 2.45) is 0 Å². The van der Waals surface area contributed by atoms with E-state index in [1.807, 2.05) is 19.1 Å². The van der Waals surface area contributed by atoms with Crippen molar-refractivity contribution < 1.29 is 14.2 Å². The second-order valence-corrected chi connectivity index (χ2v) is 8.72. The first-order valence-corrected chi connectivity index (χ1v) is 12.0. The zero-order valence-corrected chi connectivity index (χ0v) is 20.9. The molecule has 0 amide bonds. The highest BCUT2D eigenvalue weighted by Crippen LogP contribution is 2.36. The average molecular weight is 492 g/mol. The van der Waals surface area contributed by atoms with Gasteiger partial charge in [0.05, 0.1) is 37.7 Å². The van der Waals surface area contributed by atoms with E-state index in [4.69, 9.17) is 14.2 Å². The molecule has 1 saturated heterocycles. The van der Waals surface area contributed by atoms with Crippen molar-refractivity contribution in [3.8, 4) is 17.2 Å². The molecule has 3 heterocycles. The summed E-state index contributed by atoms with van der Waals surface area (Å²) in [6.45, 7) is 3.66. The Balaban J connectivity index is 1.50. The Kier molecular flexibility index (Phi) is 6.26. The maximum absolute atomic E-state index is 13.5. The van der Waals surface area contributed by atoms with Crippen LogP contribution in [0.1, 0.15) is 25.8 Å². The number of benzene rings is 2. The average Bonchev–Trinajstić information content (AvgIpc) is 2.92. The summed E-state index contributed by atoms with van der Waals surface area (Å²) in [5.74, 6) is 2.59. The van der Waals surface area contributed by atoms with Crippen LogP contribution in [0.25, 0.3) is 21.8 Å². The Labute approximate surface area is 207 Å². The van der Waals surface area contributed by atoms with Crippen molar-refractivity contribution >= 4 is 27.6 Å². The first-order chi connectivity index (χ1) is 17.5. The second-order valence-electron chi connectivity index (χ2n) is 8.72. The van der Waals surface area contributed by atoms with Crippen LogP contribution in [0.5, 0.6) is 17.2 Å². The molecular formula is C26H29N5O5. The number of piperidine rings is 1. The van der Waals surface area contributed by atoms with Gasteiger partial charge in [-0.3, -0.25) is 13.9 Å². The zero-order chi connectivity index (χ0) is 25.4. The number of rotatable bonds is 6. The van der Waals surface area contributed by atoms with E-state index in [0.717, 1.165) is 16.7 Å². The molecule has 0 aliphatic carbocycles. The topological polar surface area (TPSA) is 101 Å². The molecule has 0 radical (unpaired) electrons. The van der Waals surface area contributed by atoms with Crippen LogP contribution < -0.4 is 30.4 Å². The summed E-state index contributed by atoms with van der Waals surface area (Å²) in [6, 6.07) is 8.77. The summed E-state index contributed by atoms with van der Waals surface area (Å²) < 4.78 is 19.3. The van der Waals surface area contributed by atoms with Crippen molar-refractivity contribution in [2.45, 2.75) is 32.4 Å². The van der Waals surface area contributed by atoms with Crippen LogP contribution in [0.15, 0.2) is 46.2 Å². The number of anilines is 1. The molecule has 2 aromatic carbocycles. The molecule has 1 aliphatic heterocycles. The molecule has 10 heteroatoms. The maximum Gasteiger partial charge on any atom is 0.331 e. The van der Waals surface area contributed by atoms with Crippen molar-refractivity contribution in [2.75, 3.05) is 39.3 Å². The fraction of sp³-hybridized carbons (Fsp3) is 0.385. The lowest BCUT2D eigenvalue weighted by molar-refractivity contribution is 0.355. The fourth-order valence-electron chi connectivity index (χ4n) is 5.08. The summed E-state index contributed by atoms with van der Waals surface area (Å²) in [5, 5.41) is 1.35. The fourth-order valence-corrected chi connectivity index (χ4v) is 5.08. The highest BCUT2D eigenvalue weighted by atomic mass is 16.5. The van der Waals surface area contributed by atoms with Gasteiger partial charge in [0.1, 0.15) is 17.9 Å². The molecule has 4 aromatic rings. The van der Waals surface area contributed by atoms with Crippen molar-refractivity contribution in [3.05, 3.63) is 57.5 Å². The Morgan fingerprint density at radius 3 is 2.31 bits per heavy atom. The minimum Gasteiger partial charge on any atom is -0.497 e. The Hall–Kier alpha value is -4.08. The molecule has 0 atom stereocenters. The van der Waals surface area contributed by atoms with Gasteiger partial charge < -0.3 is 19.1 Å². The SMILES string of the molecule is CCn1c(=O)n(C2CCN(c3ncnc4cc(OC)c(OC)cc34)CC2)c(=O)c2cc(OC)ccc21. The predicted octanol–water partition coefficient (Wildman–Crippen LogP) is 2.99. The molecule has 10 nitrogen and oxygen atoms in total. The molecule has 1 fully saturated rings. The summed E-state index contributed by atoms with van der Waals surface area (Å²) in [4.78, 5) is 38.0. The summed E-state index contributed by atoms with van der Waals surface area (Å²) in [6.07, 6.45) is 2.80. The number of ether oxygens (including phenoxy) is 3. The summed E-state index contributed by atoms with van der Waals surface area (Å²) in [7, 11) is 4.75. The van der Waals surface area contributed by atoms with Crippen LogP contribution >= 0.6 is 0 Å². The zero-order valence-electron chi connectivity index (χ0n) is 20.9. The molecule has 0 spiro atoms. The van der Waals surface area contributed by atoms with Gasteiger partial charge in [-0.15, -0.1) is 0 Å². The Bertz CT molecular complexity index is 1550. The smallest absolute Gasteiger partial charge is 0.331 e. The van der Waals surface area contributed by atoms with Crippen LogP contribution in [0.4, 0.5) is 5.82 Å². The quantitative estimate of drug-likeness (QED) is 0.406. The third-order valence-electron chi connectivity index (χ3n) is 6.95. The minimum atomic E-state index is -0.277. The molecule has 5 rings (SSSR count). The molecular weight excluding hydrogens is 462 g/mol. The monoisotopic (exact) mass is 491 g/mol. The van der Waals surface area contributed by atoms with E-state index < -0.39 is 0 Å². The Morgan fingerprint density at radius 2 is 1.64 bits per heavy atom. The van der Waals surface area contributed by atoms with Crippen molar-refractivity contribution in [3.63, 3.8) is 0 Å². The van der Waals surface area contributed by atoms with E-state index in [-0.39, 0.29) is 17.3 Å². The van der Waals surface area contributed by atoms with Gasteiger partial charge in [0.15, 0.2) is 11.5 Å².